The van der Waals surface area contributed by atoms with Crippen molar-refractivity contribution in [3.05, 3.63) is 35.4 Å². The average Bonchev–Trinajstić information content (AvgIpc) is 2.60. The molecule has 1 aromatic rings. The Labute approximate surface area is 110 Å². The van der Waals surface area contributed by atoms with Crippen molar-refractivity contribution in [3.8, 4) is 0 Å². The van der Waals surface area contributed by atoms with Crippen molar-refractivity contribution in [1.82, 2.24) is 4.90 Å². The minimum atomic E-state index is -0.290. The highest BCUT2D eigenvalue weighted by molar-refractivity contribution is 5.31. The number of hydrogen-bond donors (Lipinski definition) is 1. The molecule has 0 bridgehead atoms. The van der Waals surface area contributed by atoms with Crippen molar-refractivity contribution in [3.63, 3.8) is 0 Å². The van der Waals surface area contributed by atoms with Crippen LogP contribution in [0.1, 0.15) is 49.3 Å². The van der Waals surface area contributed by atoms with Crippen molar-refractivity contribution >= 4 is 0 Å². The molecule has 18 heavy (non-hydrogen) atoms. The summed E-state index contributed by atoms with van der Waals surface area (Å²) in [4.78, 5) is 2.52. The highest BCUT2D eigenvalue weighted by atomic mass is 16.3. The molecule has 1 saturated heterocycles. The van der Waals surface area contributed by atoms with Crippen molar-refractivity contribution in [2.24, 2.45) is 0 Å². The standard InChI is InChI=1S/C16H23NO/c18-16-14-9-3-2-7-13(14)8-6-10-15(16)17-11-4-1-5-12-17/h2-3,7,9,15-16,18H,1,4-6,8,10-12H2/t15-,16-/m0/s1. The first-order chi connectivity index (χ1) is 8.86. The zero-order valence-electron chi connectivity index (χ0n) is 11.0. The molecule has 1 N–H and O–H groups in total. The van der Waals surface area contributed by atoms with E-state index in [1.54, 1.807) is 0 Å². The lowest BCUT2D eigenvalue weighted by Crippen LogP contribution is -2.42. The van der Waals surface area contributed by atoms with Crippen molar-refractivity contribution in [2.75, 3.05) is 13.1 Å². The third-order valence-corrected chi connectivity index (χ3v) is 4.54. The molecule has 0 amide bonds. The van der Waals surface area contributed by atoms with Crippen molar-refractivity contribution < 1.29 is 5.11 Å². The van der Waals surface area contributed by atoms with E-state index in [1.807, 2.05) is 0 Å². The first-order valence-corrected chi connectivity index (χ1v) is 7.36. The Morgan fingerprint density at radius 3 is 2.61 bits per heavy atom. The summed E-state index contributed by atoms with van der Waals surface area (Å²) < 4.78 is 0. The minimum Gasteiger partial charge on any atom is -0.387 e. The second-order valence-electron chi connectivity index (χ2n) is 5.70. The number of aryl methyl sites for hydroxylation is 1. The number of benzene rings is 1. The second kappa shape index (κ2) is 5.41. The first-order valence-electron chi connectivity index (χ1n) is 7.36. The summed E-state index contributed by atoms with van der Waals surface area (Å²) in [5.41, 5.74) is 2.52. The maximum atomic E-state index is 10.7. The van der Waals surface area contributed by atoms with Gasteiger partial charge in [-0.25, -0.2) is 0 Å². The van der Waals surface area contributed by atoms with Gasteiger partial charge in [0.25, 0.3) is 0 Å². The van der Waals surface area contributed by atoms with Gasteiger partial charge in [0.2, 0.25) is 0 Å². The molecule has 1 aliphatic heterocycles. The number of hydrogen-bond acceptors (Lipinski definition) is 2. The molecule has 0 aromatic heterocycles. The monoisotopic (exact) mass is 245 g/mol. The van der Waals surface area contributed by atoms with Gasteiger partial charge in [-0.1, -0.05) is 30.7 Å². The Balaban J connectivity index is 1.84. The third-order valence-electron chi connectivity index (χ3n) is 4.54. The van der Waals surface area contributed by atoms with Crippen LogP contribution in [-0.2, 0) is 6.42 Å². The van der Waals surface area contributed by atoms with E-state index in [2.05, 4.69) is 29.2 Å². The summed E-state index contributed by atoms with van der Waals surface area (Å²) in [6.07, 6.45) is 7.12. The summed E-state index contributed by atoms with van der Waals surface area (Å²) in [5.74, 6) is 0. The van der Waals surface area contributed by atoms with Gasteiger partial charge < -0.3 is 5.11 Å². The summed E-state index contributed by atoms with van der Waals surface area (Å²) in [6, 6.07) is 8.78. The van der Waals surface area contributed by atoms with Crippen LogP contribution >= 0.6 is 0 Å². The Bertz CT molecular complexity index is 398. The lowest BCUT2D eigenvalue weighted by molar-refractivity contribution is 0.0342. The normalized spacial score (nSPS) is 29.6. The van der Waals surface area contributed by atoms with E-state index in [4.69, 9.17) is 0 Å². The van der Waals surface area contributed by atoms with E-state index in [-0.39, 0.29) is 6.10 Å². The van der Waals surface area contributed by atoms with Gasteiger partial charge in [-0.2, -0.15) is 0 Å². The van der Waals surface area contributed by atoms with Crippen LogP contribution in [0.15, 0.2) is 24.3 Å². The zero-order valence-corrected chi connectivity index (χ0v) is 11.0. The molecule has 0 spiro atoms. The van der Waals surface area contributed by atoms with Gasteiger partial charge in [0.15, 0.2) is 0 Å². The Hall–Kier alpha value is -0.860. The number of aliphatic hydroxyl groups excluding tert-OH is 1. The third kappa shape index (κ3) is 2.32. The van der Waals surface area contributed by atoms with E-state index < -0.39 is 0 Å². The number of aliphatic hydroxyl groups is 1. The Morgan fingerprint density at radius 1 is 1.00 bits per heavy atom. The largest absolute Gasteiger partial charge is 0.387 e. The fraction of sp³-hybridized carbons (Fsp3) is 0.625. The van der Waals surface area contributed by atoms with Crippen LogP contribution in [0.2, 0.25) is 0 Å². The molecule has 0 radical (unpaired) electrons. The smallest absolute Gasteiger partial charge is 0.0947 e. The number of nitrogens with zero attached hydrogens (tertiary/aromatic N) is 1. The summed E-state index contributed by atoms with van der Waals surface area (Å²) >= 11 is 0. The topological polar surface area (TPSA) is 23.5 Å². The summed E-state index contributed by atoms with van der Waals surface area (Å²) in [6.45, 7) is 2.34. The predicted octanol–water partition coefficient (Wildman–Crippen LogP) is 2.91. The number of piperidine rings is 1. The van der Waals surface area contributed by atoms with Crippen molar-refractivity contribution in [1.29, 1.82) is 0 Å². The molecular weight excluding hydrogens is 222 g/mol. The van der Waals surface area contributed by atoms with Crippen LogP contribution in [0.5, 0.6) is 0 Å². The SMILES string of the molecule is O[C@H]1c2ccccc2CCC[C@@H]1N1CCCCC1. The second-order valence-corrected chi connectivity index (χ2v) is 5.70. The van der Waals surface area contributed by atoms with Crippen LogP contribution < -0.4 is 0 Å². The molecule has 1 aliphatic carbocycles. The predicted molar refractivity (Wildman–Crippen MR) is 73.6 cm³/mol. The van der Waals surface area contributed by atoms with E-state index in [0.29, 0.717) is 6.04 Å². The minimum absolute atomic E-state index is 0.290. The quantitative estimate of drug-likeness (QED) is 0.769. The Morgan fingerprint density at radius 2 is 1.78 bits per heavy atom. The molecule has 2 atom stereocenters. The number of likely N-dealkylation sites (tertiary alicyclic amines) is 1. The van der Waals surface area contributed by atoms with Crippen LogP contribution in [0.4, 0.5) is 0 Å². The molecule has 1 heterocycles. The van der Waals surface area contributed by atoms with Gasteiger partial charge in [-0.3, -0.25) is 4.90 Å². The Kier molecular flexibility index (Phi) is 3.67. The lowest BCUT2D eigenvalue weighted by Gasteiger charge is -2.36. The van der Waals surface area contributed by atoms with Gasteiger partial charge in [0.05, 0.1) is 6.10 Å². The maximum absolute atomic E-state index is 10.7. The van der Waals surface area contributed by atoms with Gasteiger partial charge in [0, 0.05) is 6.04 Å². The lowest BCUT2D eigenvalue weighted by atomic mass is 9.96. The summed E-state index contributed by atoms with van der Waals surface area (Å²) in [7, 11) is 0. The van der Waals surface area contributed by atoms with Crippen LogP contribution in [0.3, 0.4) is 0 Å². The van der Waals surface area contributed by atoms with Gasteiger partial charge in [-0.05, 0) is 56.3 Å². The highest BCUT2D eigenvalue weighted by Crippen LogP contribution is 2.32. The fourth-order valence-electron chi connectivity index (χ4n) is 3.55. The summed E-state index contributed by atoms with van der Waals surface area (Å²) in [5, 5.41) is 10.7. The number of fused-ring (bicyclic) bond motifs is 1. The van der Waals surface area contributed by atoms with Crippen LogP contribution in [0, 0.1) is 0 Å². The molecule has 98 valence electrons. The van der Waals surface area contributed by atoms with E-state index >= 15 is 0 Å². The fourth-order valence-corrected chi connectivity index (χ4v) is 3.55. The molecule has 2 heteroatoms. The molecule has 2 nitrogen and oxygen atoms in total. The average molecular weight is 245 g/mol. The first kappa shape index (κ1) is 12.2. The molecule has 1 fully saturated rings. The number of rotatable bonds is 1. The zero-order chi connectivity index (χ0) is 12.4. The van der Waals surface area contributed by atoms with E-state index in [0.717, 1.165) is 12.8 Å². The highest BCUT2D eigenvalue weighted by Gasteiger charge is 2.30. The van der Waals surface area contributed by atoms with Crippen LogP contribution in [-0.4, -0.2) is 29.1 Å². The van der Waals surface area contributed by atoms with Crippen molar-refractivity contribution in [2.45, 2.75) is 50.7 Å². The molecular formula is C16H23NO. The van der Waals surface area contributed by atoms with E-state index in [1.165, 1.54) is 49.9 Å². The maximum Gasteiger partial charge on any atom is 0.0947 e. The van der Waals surface area contributed by atoms with Gasteiger partial charge in [0.1, 0.15) is 0 Å². The van der Waals surface area contributed by atoms with Crippen LogP contribution in [0.25, 0.3) is 0 Å². The molecule has 2 aliphatic rings. The molecule has 3 rings (SSSR count). The van der Waals surface area contributed by atoms with Gasteiger partial charge in [-0.15, -0.1) is 0 Å². The molecule has 0 saturated carbocycles. The molecule has 0 unspecified atom stereocenters. The van der Waals surface area contributed by atoms with Gasteiger partial charge >= 0.3 is 0 Å². The molecule has 1 aromatic carbocycles. The van der Waals surface area contributed by atoms with E-state index in [9.17, 15) is 5.11 Å².